The van der Waals surface area contributed by atoms with Crippen LogP contribution < -0.4 is 0 Å². The normalized spacial score (nSPS) is 11.4. The van der Waals surface area contributed by atoms with Crippen LogP contribution in [0.1, 0.15) is 22.6 Å². The predicted molar refractivity (Wildman–Crippen MR) is 78.9 cm³/mol. The Bertz CT molecular complexity index is 771. The molecule has 0 saturated heterocycles. The van der Waals surface area contributed by atoms with Gasteiger partial charge in [0.2, 0.25) is 0 Å². The molecule has 0 bridgehead atoms. The minimum absolute atomic E-state index is 0.382. The van der Waals surface area contributed by atoms with Gasteiger partial charge in [0.1, 0.15) is 11.3 Å². The van der Waals surface area contributed by atoms with Gasteiger partial charge in [0.15, 0.2) is 5.65 Å². The number of aryl methyl sites for hydroxylation is 3. The van der Waals surface area contributed by atoms with E-state index in [1.165, 1.54) is 5.56 Å². The van der Waals surface area contributed by atoms with Gasteiger partial charge in [-0.15, -0.1) is 11.6 Å². The van der Waals surface area contributed by atoms with Gasteiger partial charge in [0.05, 0.1) is 18.1 Å². The highest BCUT2D eigenvalue weighted by Crippen LogP contribution is 2.22. The smallest absolute Gasteiger partial charge is 0.159 e. The van der Waals surface area contributed by atoms with Crippen molar-refractivity contribution < 1.29 is 0 Å². The van der Waals surface area contributed by atoms with E-state index in [9.17, 15) is 0 Å². The van der Waals surface area contributed by atoms with Crippen molar-refractivity contribution in [1.29, 1.82) is 0 Å². The number of pyridine rings is 1. The van der Waals surface area contributed by atoms with Crippen LogP contribution >= 0.6 is 11.6 Å². The Morgan fingerprint density at radius 3 is 2.80 bits per heavy atom. The highest BCUT2D eigenvalue weighted by atomic mass is 35.5. The van der Waals surface area contributed by atoms with E-state index >= 15 is 0 Å². The van der Waals surface area contributed by atoms with Gasteiger partial charge in [-0.05, 0) is 31.0 Å². The summed E-state index contributed by atoms with van der Waals surface area (Å²) < 4.78 is 3.98. The van der Waals surface area contributed by atoms with Gasteiger partial charge < -0.3 is 4.57 Å². The fraction of sp³-hybridized carbons (Fsp3) is 0.357. The molecule has 0 spiro atoms. The van der Waals surface area contributed by atoms with Gasteiger partial charge in [-0.25, -0.2) is 4.98 Å². The first kappa shape index (κ1) is 13.1. The molecular weight excluding hydrogens is 274 g/mol. The fourth-order valence-electron chi connectivity index (χ4n) is 2.48. The number of hydrogen-bond acceptors (Lipinski definition) is 3. The van der Waals surface area contributed by atoms with Crippen LogP contribution in [-0.2, 0) is 19.5 Å². The predicted octanol–water partition coefficient (Wildman–Crippen LogP) is 2.57. The number of halogens is 1. The molecule has 0 aliphatic heterocycles. The van der Waals surface area contributed by atoms with Crippen LogP contribution in [0, 0.1) is 13.8 Å². The van der Waals surface area contributed by atoms with Gasteiger partial charge in [0.25, 0.3) is 0 Å². The zero-order chi connectivity index (χ0) is 14.3. The number of alkyl halides is 1. The quantitative estimate of drug-likeness (QED) is 0.696. The Hall–Kier alpha value is -1.88. The molecular formula is C14H16ClN5. The van der Waals surface area contributed by atoms with Crippen LogP contribution in [0.2, 0.25) is 0 Å². The van der Waals surface area contributed by atoms with Crippen molar-refractivity contribution in [3.05, 3.63) is 41.1 Å². The molecule has 6 heteroatoms. The summed E-state index contributed by atoms with van der Waals surface area (Å²) >= 11 is 6.04. The zero-order valence-corrected chi connectivity index (χ0v) is 12.5. The Kier molecular flexibility index (Phi) is 3.22. The second-order valence-corrected chi connectivity index (χ2v) is 5.20. The molecule has 0 saturated carbocycles. The Morgan fingerprint density at radius 1 is 1.30 bits per heavy atom. The first-order valence-corrected chi connectivity index (χ1v) is 6.99. The maximum atomic E-state index is 6.04. The minimum atomic E-state index is 0.382. The molecule has 104 valence electrons. The summed E-state index contributed by atoms with van der Waals surface area (Å²) in [6.07, 6.45) is 3.70. The molecule has 5 nitrogen and oxygen atoms in total. The largest absolute Gasteiger partial charge is 0.307 e. The summed E-state index contributed by atoms with van der Waals surface area (Å²) in [5, 5.41) is 4.42. The zero-order valence-electron chi connectivity index (χ0n) is 11.8. The number of rotatable bonds is 3. The second kappa shape index (κ2) is 4.90. The fourth-order valence-corrected chi connectivity index (χ4v) is 2.68. The molecule has 0 unspecified atom stereocenters. The Morgan fingerprint density at radius 2 is 2.10 bits per heavy atom. The molecule has 3 aromatic heterocycles. The monoisotopic (exact) mass is 289 g/mol. The van der Waals surface area contributed by atoms with Gasteiger partial charge >= 0.3 is 0 Å². The SMILES string of the molecule is Cc1ccncc1Cn1c(CCl)nc2c(C)nn(C)c21. The van der Waals surface area contributed by atoms with Gasteiger partial charge in [-0.3, -0.25) is 9.67 Å². The van der Waals surface area contributed by atoms with Gasteiger partial charge in [-0.1, -0.05) is 0 Å². The molecule has 0 aliphatic rings. The average Bonchev–Trinajstić information content (AvgIpc) is 2.92. The number of hydrogen-bond donors (Lipinski definition) is 0. The number of fused-ring (bicyclic) bond motifs is 1. The molecule has 0 amide bonds. The lowest BCUT2D eigenvalue weighted by atomic mass is 10.1. The van der Waals surface area contributed by atoms with E-state index in [4.69, 9.17) is 11.6 Å². The Balaban J connectivity index is 2.17. The first-order chi connectivity index (χ1) is 9.61. The summed E-state index contributed by atoms with van der Waals surface area (Å²) in [5.41, 5.74) is 5.22. The molecule has 0 aliphatic carbocycles. The van der Waals surface area contributed by atoms with Crippen LogP contribution in [0.25, 0.3) is 11.2 Å². The van der Waals surface area contributed by atoms with E-state index in [0.717, 1.165) is 28.2 Å². The summed E-state index contributed by atoms with van der Waals surface area (Å²) in [6, 6.07) is 2.01. The minimum Gasteiger partial charge on any atom is -0.307 e. The molecule has 3 rings (SSSR count). The highest BCUT2D eigenvalue weighted by Gasteiger charge is 2.17. The van der Waals surface area contributed by atoms with Gasteiger partial charge in [0, 0.05) is 19.4 Å². The number of imidazole rings is 1. The van der Waals surface area contributed by atoms with Crippen LogP contribution in [0.4, 0.5) is 0 Å². The van der Waals surface area contributed by atoms with E-state index < -0.39 is 0 Å². The van der Waals surface area contributed by atoms with Crippen molar-refractivity contribution in [3.8, 4) is 0 Å². The van der Waals surface area contributed by atoms with Crippen molar-refractivity contribution in [2.24, 2.45) is 7.05 Å². The third-order valence-corrected chi connectivity index (χ3v) is 3.80. The molecule has 0 radical (unpaired) electrons. The van der Waals surface area contributed by atoms with Crippen molar-refractivity contribution in [3.63, 3.8) is 0 Å². The summed E-state index contributed by atoms with van der Waals surface area (Å²) in [6.45, 7) is 4.75. The van der Waals surface area contributed by atoms with Crippen LogP contribution in [0.5, 0.6) is 0 Å². The van der Waals surface area contributed by atoms with E-state index in [2.05, 4.69) is 26.6 Å². The summed E-state index contributed by atoms with van der Waals surface area (Å²) in [4.78, 5) is 8.80. The van der Waals surface area contributed by atoms with Crippen LogP contribution in [0.3, 0.4) is 0 Å². The lowest BCUT2D eigenvalue weighted by Gasteiger charge is -2.10. The van der Waals surface area contributed by atoms with Crippen LogP contribution in [-0.4, -0.2) is 24.3 Å². The number of nitrogens with zero attached hydrogens (tertiary/aromatic N) is 5. The summed E-state index contributed by atoms with van der Waals surface area (Å²) in [5.74, 6) is 1.24. The topological polar surface area (TPSA) is 48.5 Å². The molecule has 0 atom stereocenters. The maximum absolute atomic E-state index is 6.04. The van der Waals surface area contributed by atoms with Gasteiger partial charge in [-0.2, -0.15) is 5.10 Å². The average molecular weight is 290 g/mol. The van der Waals surface area contributed by atoms with Crippen molar-refractivity contribution in [2.75, 3.05) is 0 Å². The molecule has 0 fully saturated rings. The molecule has 0 aromatic carbocycles. The van der Waals surface area contributed by atoms with E-state index in [1.807, 2.05) is 30.9 Å². The third kappa shape index (κ3) is 1.98. The third-order valence-electron chi connectivity index (χ3n) is 3.56. The standard InChI is InChI=1S/C14H16ClN5/c1-9-4-5-16-7-11(9)8-20-12(6-15)17-13-10(2)18-19(3)14(13)20/h4-5,7H,6,8H2,1-3H3. The summed E-state index contributed by atoms with van der Waals surface area (Å²) in [7, 11) is 1.93. The van der Waals surface area contributed by atoms with Crippen molar-refractivity contribution in [2.45, 2.75) is 26.3 Å². The Labute approximate surface area is 122 Å². The first-order valence-electron chi connectivity index (χ1n) is 6.46. The van der Waals surface area contributed by atoms with Crippen LogP contribution in [0.15, 0.2) is 18.5 Å². The van der Waals surface area contributed by atoms with E-state index in [-0.39, 0.29) is 0 Å². The molecule has 3 aromatic rings. The number of aromatic nitrogens is 5. The maximum Gasteiger partial charge on any atom is 0.159 e. The highest BCUT2D eigenvalue weighted by molar-refractivity contribution is 6.16. The van der Waals surface area contributed by atoms with E-state index in [1.54, 1.807) is 6.20 Å². The van der Waals surface area contributed by atoms with E-state index in [0.29, 0.717) is 12.4 Å². The van der Waals surface area contributed by atoms with Crippen molar-refractivity contribution >= 4 is 22.8 Å². The lowest BCUT2D eigenvalue weighted by molar-refractivity contribution is 0.699. The van der Waals surface area contributed by atoms with Crippen molar-refractivity contribution in [1.82, 2.24) is 24.3 Å². The molecule has 3 heterocycles. The molecule has 20 heavy (non-hydrogen) atoms. The molecule has 0 N–H and O–H groups in total. The second-order valence-electron chi connectivity index (χ2n) is 4.93. The lowest BCUT2D eigenvalue weighted by Crippen LogP contribution is -2.08.